The summed E-state index contributed by atoms with van der Waals surface area (Å²) in [6.07, 6.45) is 1.84. The number of aromatic nitrogens is 2. The van der Waals surface area contributed by atoms with Gasteiger partial charge in [0.2, 0.25) is 0 Å². The van der Waals surface area contributed by atoms with E-state index in [4.69, 9.17) is 0 Å². The maximum Gasteiger partial charge on any atom is 0.195 e. The van der Waals surface area contributed by atoms with Crippen molar-refractivity contribution in [2.45, 2.75) is 6.54 Å². The van der Waals surface area contributed by atoms with E-state index >= 15 is 0 Å². The van der Waals surface area contributed by atoms with E-state index in [2.05, 4.69) is 26.3 Å². The molecule has 0 fully saturated rings. The second-order valence-corrected chi connectivity index (χ2v) is 4.70. The van der Waals surface area contributed by atoms with Crippen LogP contribution in [0.2, 0.25) is 0 Å². The van der Waals surface area contributed by atoms with Crippen LogP contribution in [0.5, 0.6) is 0 Å². The summed E-state index contributed by atoms with van der Waals surface area (Å²) in [7, 11) is 0. The number of aliphatic imine (C=N–C) groups is 1. The zero-order chi connectivity index (χ0) is 13.4. The van der Waals surface area contributed by atoms with Gasteiger partial charge in [0.05, 0.1) is 11.2 Å². The van der Waals surface area contributed by atoms with E-state index in [-0.39, 0.29) is 0 Å². The van der Waals surface area contributed by atoms with Gasteiger partial charge in [0.25, 0.3) is 0 Å². The van der Waals surface area contributed by atoms with Gasteiger partial charge in [0, 0.05) is 18.1 Å². The fraction of sp³-hybridized carbons (Fsp3) is 0.0625. The standard InChI is InChI=1S/C16H12N4/c1-3-7-13-11(5-1)9-17-15(19-13)16-18-10-12-6-2-4-8-14(12)20-16/h1-9H,10H2,(H,18,20). The van der Waals surface area contributed by atoms with Gasteiger partial charge < -0.3 is 5.32 Å². The maximum atomic E-state index is 4.60. The number of rotatable bonds is 1. The van der Waals surface area contributed by atoms with Crippen molar-refractivity contribution in [2.24, 2.45) is 4.99 Å². The molecule has 1 N–H and O–H groups in total. The zero-order valence-electron chi connectivity index (χ0n) is 10.7. The predicted molar refractivity (Wildman–Crippen MR) is 79.0 cm³/mol. The Kier molecular flexibility index (Phi) is 2.45. The van der Waals surface area contributed by atoms with Crippen LogP contribution in [0.1, 0.15) is 11.4 Å². The first-order valence-electron chi connectivity index (χ1n) is 6.53. The molecule has 0 radical (unpaired) electrons. The van der Waals surface area contributed by atoms with Gasteiger partial charge in [-0.1, -0.05) is 36.4 Å². The van der Waals surface area contributed by atoms with Crippen molar-refractivity contribution in [1.82, 2.24) is 15.3 Å². The molecule has 4 nitrogen and oxygen atoms in total. The first kappa shape index (κ1) is 11.1. The molecular weight excluding hydrogens is 248 g/mol. The molecule has 96 valence electrons. The first-order valence-corrected chi connectivity index (χ1v) is 6.53. The molecule has 4 rings (SSSR count). The van der Waals surface area contributed by atoms with Gasteiger partial charge in [-0.2, -0.15) is 0 Å². The minimum atomic E-state index is 0.637. The van der Waals surface area contributed by atoms with Crippen LogP contribution < -0.4 is 5.32 Å². The van der Waals surface area contributed by atoms with E-state index in [9.17, 15) is 0 Å². The van der Waals surface area contributed by atoms with Crippen LogP contribution in [0.4, 0.5) is 5.69 Å². The molecule has 1 aromatic heterocycles. The van der Waals surface area contributed by atoms with Crippen molar-refractivity contribution in [3.63, 3.8) is 0 Å². The van der Waals surface area contributed by atoms with E-state index in [1.54, 1.807) is 0 Å². The lowest BCUT2D eigenvalue weighted by molar-refractivity contribution is 0.881. The summed E-state index contributed by atoms with van der Waals surface area (Å²) in [6.45, 7) is 0.755. The van der Waals surface area contributed by atoms with E-state index in [1.807, 2.05) is 48.7 Å². The zero-order valence-corrected chi connectivity index (χ0v) is 10.7. The Morgan fingerprint density at radius 2 is 1.80 bits per heavy atom. The van der Waals surface area contributed by atoms with Crippen LogP contribution in [0.3, 0.4) is 0 Å². The van der Waals surface area contributed by atoms with Crippen LogP contribution in [-0.2, 0) is 6.54 Å². The molecule has 3 aromatic rings. The number of nitrogens with one attached hydrogen (secondary N) is 1. The molecule has 0 saturated heterocycles. The summed E-state index contributed by atoms with van der Waals surface area (Å²) in [6, 6.07) is 16.0. The summed E-state index contributed by atoms with van der Waals surface area (Å²) < 4.78 is 0. The second kappa shape index (κ2) is 4.42. The Morgan fingerprint density at radius 1 is 0.950 bits per heavy atom. The third-order valence-electron chi connectivity index (χ3n) is 3.37. The van der Waals surface area contributed by atoms with Gasteiger partial charge in [0.1, 0.15) is 0 Å². The van der Waals surface area contributed by atoms with E-state index < -0.39 is 0 Å². The largest absolute Gasteiger partial charge is 0.363 e. The molecular formula is C16H12N4. The van der Waals surface area contributed by atoms with Gasteiger partial charge >= 0.3 is 0 Å². The quantitative estimate of drug-likeness (QED) is 0.732. The summed E-state index contributed by atoms with van der Waals surface area (Å²) >= 11 is 0. The van der Waals surface area contributed by atoms with Gasteiger partial charge in [-0.15, -0.1) is 0 Å². The van der Waals surface area contributed by atoms with Crippen LogP contribution >= 0.6 is 0 Å². The molecule has 0 unspecified atom stereocenters. The Morgan fingerprint density at radius 3 is 2.80 bits per heavy atom. The minimum absolute atomic E-state index is 0.637. The summed E-state index contributed by atoms with van der Waals surface area (Å²) in [5.74, 6) is 1.37. The number of amidine groups is 1. The molecule has 1 aliphatic heterocycles. The molecule has 2 aromatic carbocycles. The van der Waals surface area contributed by atoms with Crippen molar-refractivity contribution in [2.75, 3.05) is 0 Å². The monoisotopic (exact) mass is 260 g/mol. The lowest BCUT2D eigenvalue weighted by Crippen LogP contribution is -2.28. The number of hydrogen-bond donors (Lipinski definition) is 1. The van der Waals surface area contributed by atoms with Crippen molar-refractivity contribution in [3.8, 4) is 0 Å². The maximum absolute atomic E-state index is 4.60. The lowest BCUT2D eigenvalue weighted by Gasteiger charge is -2.16. The fourth-order valence-electron chi connectivity index (χ4n) is 2.32. The Labute approximate surface area is 116 Å². The average molecular weight is 260 g/mol. The summed E-state index contributed by atoms with van der Waals surface area (Å²) in [5.41, 5.74) is 3.11. The van der Waals surface area contributed by atoms with Gasteiger partial charge in [0.15, 0.2) is 11.7 Å². The van der Waals surface area contributed by atoms with Gasteiger partial charge in [-0.3, -0.25) is 0 Å². The number of benzene rings is 2. The van der Waals surface area contributed by atoms with Crippen molar-refractivity contribution >= 4 is 22.4 Å². The summed E-state index contributed by atoms with van der Waals surface area (Å²) in [5, 5.41) is 4.32. The van der Waals surface area contributed by atoms with Crippen LogP contribution in [-0.4, -0.2) is 15.8 Å². The molecule has 0 saturated carbocycles. The van der Waals surface area contributed by atoms with Crippen molar-refractivity contribution in [1.29, 1.82) is 0 Å². The SMILES string of the molecule is c1ccc2c(c1)CNC(c1ncc3ccccc3n1)=N2. The van der Waals surface area contributed by atoms with Crippen molar-refractivity contribution in [3.05, 3.63) is 66.1 Å². The minimum Gasteiger partial charge on any atom is -0.363 e. The summed E-state index contributed by atoms with van der Waals surface area (Å²) in [4.78, 5) is 13.6. The van der Waals surface area contributed by atoms with Crippen LogP contribution in [0.15, 0.2) is 59.7 Å². The Balaban J connectivity index is 1.82. The number of nitrogens with zero attached hydrogens (tertiary/aromatic N) is 3. The fourth-order valence-corrected chi connectivity index (χ4v) is 2.32. The molecule has 0 amide bonds. The highest BCUT2D eigenvalue weighted by molar-refractivity contribution is 5.99. The highest BCUT2D eigenvalue weighted by Gasteiger charge is 2.14. The third-order valence-corrected chi connectivity index (χ3v) is 3.37. The number of fused-ring (bicyclic) bond motifs is 2. The third kappa shape index (κ3) is 1.82. The second-order valence-electron chi connectivity index (χ2n) is 4.70. The highest BCUT2D eigenvalue weighted by Crippen LogP contribution is 2.22. The molecule has 20 heavy (non-hydrogen) atoms. The average Bonchev–Trinajstić information content (AvgIpc) is 2.54. The molecule has 2 heterocycles. The Bertz CT molecular complexity index is 823. The first-order chi connectivity index (χ1) is 9.90. The topological polar surface area (TPSA) is 50.2 Å². The van der Waals surface area contributed by atoms with E-state index in [0.717, 1.165) is 29.0 Å². The van der Waals surface area contributed by atoms with E-state index in [1.165, 1.54) is 5.56 Å². The molecule has 0 spiro atoms. The van der Waals surface area contributed by atoms with Gasteiger partial charge in [-0.25, -0.2) is 15.0 Å². The highest BCUT2D eigenvalue weighted by atomic mass is 15.1. The van der Waals surface area contributed by atoms with Crippen LogP contribution in [0.25, 0.3) is 10.9 Å². The molecule has 0 atom stereocenters. The predicted octanol–water partition coefficient (Wildman–Crippen LogP) is 2.81. The van der Waals surface area contributed by atoms with Crippen molar-refractivity contribution < 1.29 is 0 Å². The molecule has 4 heteroatoms. The number of para-hydroxylation sites is 2. The lowest BCUT2D eigenvalue weighted by atomic mass is 10.1. The molecule has 0 bridgehead atoms. The molecule has 1 aliphatic rings. The smallest absolute Gasteiger partial charge is 0.195 e. The van der Waals surface area contributed by atoms with Crippen LogP contribution in [0, 0.1) is 0 Å². The van der Waals surface area contributed by atoms with E-state index in [0.29, 0.717) is 5.82 Å². The normalized spacial score (nSPS) is 13.5. The number of hydrogen-bond acceptors (Lipinski definition) is 4. The Hall–Kier alpha value is -2.75. The van der Waals surface area contributed by atoms with Gasteiger partial charge in [-0.05, 0) is 17.7 Å². The molecule has 0 aliphatic carbocycles.